The molecule has 25 heavy (non-hydrogen) atoms. The molecule has 0 atom stereocenters. The summed E-state index contributed by atoms with van der Waals surface area (Å²) < 4.78 is 12.4. The first-order valence-corrected chi connectivity index (χ1v) is 7.91. The average Bonchev–Trinajstić information content (AvgIpc) is 2.61. The number of hydrogen-bond donors (Lipinski definition) is 3. The van der Waals surface area contributed by atoms with Gasteiger partial charge in [-0.15, -0.1) is 0 Å². The van der Waals surface area contributed by atoms with Crippen molar-refractivity contribution in [1.82, 2.24) is 15.4 Å². The Morgan fingerprint density at radius 3 is 2.84 bits per heavy atom. The summed E-state index contributed by atoms with van der Waals surface area (Å²) >= 11 is 0. The Labute approximate surface area is 147 Å². The van der Waals surface area contributed by atoms with Crippen LogP contribution in [0.4, 0.5) is 16.0 Å². The summed E-state index contributed by atoms with van der Waals surface area (Å²) in [4.78, 5) is 8.19. The van der Waals surface area contributed by atoms with Crippen LogP contribution < -0.4 is 16.6 Å². The van der Waals surface area contributed by atoms with Crippen molar-refractivity contribution >= 4 is 11.6 Å². The van der Waals surface area contributed by atoms with Crippen molar-refractivity contribution in [3.05, 3.63) is 72.2 Å². The molecule has 0 unspecified atom stereocenters. The van der Waals surface area contributed by atoms with Gasteiger partial charge in [-0.2, -0.15) is 0 Å². The Kier molecular flexibility index (Phi) is 6.86. The largest absolute Gasteiger partial charge is 0.368 e. The van der Waals surface area contributed by atoms with Gasteiger partial charge in [0.1, 0.15) is 0 Å². The minimum Gasteiger partial charge on any atom is -0.368 e. The van der Waals surface area contributed by atoms with Crippen LogP contribution in [0.15, 0.2) is 66.7 Å². The Hall–Kier alpha value is -2.99. The number of allylic oxidation sites excluding steroid dienone is 5. The van der Waals surface area contributed by atoms with Gasteiger partial charge in [-0.3, -0.25) is 0 Å². The molecule has 0 saturated heterocycles. The second-order valence-corrected chi connectivity index (χ2v) is 5.28. The lowest BCUT2D eigenvalue weighted by molar-refractivity contribution is 0.721. The van der Waals surface area contributed by atoms with Crippen molar-refractivity contribution < 1.29 is 4.39 Å². The van der Waals surface area contributed by atoms with Crippen LogP contribution in [0.5, 0.6) is 0 Å². The van der Waals surface area contributed by atoms with Crippen molar-refractivity contribution in [2.24, 2.45) is 0 Å². The monoisotopic (exact) mass is 339 g/mol. The first-order valence-electron chi connectivity index (χ1n) is 7.91. The van der Waals surface area contributed by atoms with Gasteiger partial charge in [-0.25, -0.2) is 19.8 Å². The van der Waals surface area contributed by atoms with Crippen molar-refractivity contribution in [3.8, 4) is 11.3 Å². The molecule has 2 aromatic rings. The number of nitrogens with zero attached hydrogens (tertiary/aromatic N) is 2. The summed E-state index contributed by atoms with van der Waals surface area (Å²) in [6.07, 6.45) is 9.81. The Morgan fingerprint density at radius 2 is 2.16 bits per heavy atom. The highest BCUT2D eigenvalue weighted by Gasteiger charge is 2.08. The lowest BCUT2D eigenvalue weighted by atomic mass is 9.99. The number of nitrogens with two attached hydrogens (primary N) is 1. The summed E-state index contributed by atoms with van der Waals surface area (Å²) in [6, 6.07) is 7.79. The van der Waals surface area contributed by atoms with Gasteiger partial charge in [0.15, 0.2) is 0 Å². The van der Waals surface area contributed by atoms with E-state index < -0.39 is 0 Å². The smallest absolute Gasteiger partial charge is 0.220 e. The van der Waals surface area contributed by atoms with Gasteiger partial charge in [-0.1, -0.05) is 24.3 Å². The van der Waals surface area contributed by atoms with Gasteiger partial charge >= 0.3 is 0 Å². The van der Waals surface area contributed by atoms with E-state index in [-0.39, 0.29) is 5.95 Å². The molecule has 0 aliphatic carbocycles. The molecule has 4 N–H and O–H groups in total. The Bertz CT molecular complexity index is 796. The zero-order chi connectivity index (χ0) is 18.1. The minimum absolute atomic E-state index is 0.235. The lowest BCUT2D eigenvalue weighted by Gasteiger charge is -2.14. The van der Waals surface area contributed by atoms with Crippen molar-refractivity contribution in [3.63, 3.8) is 0 Å². The molecule has 2 rings (SSSR count). The number of aromatic nitrogens is 2. The van der Waals surface area contributed by atoms with E-state index in [1.165, 1.54) is 6.08 Å². The summed E-state index contributed by atoms with van der Waals surface area (Å²) in [6.45, 7) is 1.93. The van der Waals surface area contributed by atoms with Crippen molar-refractivity contribution in [2.75, 3.05) is 18.2 Å². The van der Waals surface area contributed by atoms with Crippen LogP contribution in [0.1, 0.15) is 12.5 Å². The molecule has 6 heteroatoms. The Morgan fingerprint density at radius 1 is 1.32 bits per heavy atom. The summed E-state index contributed by atoms with van der Waals surface area (Å²) in [5, 5.41) is 0. The number of rotatable bonds is 7. The highest BCUT2D eigenvalue weighted by molar-refractivity contribution is 5.67. The third-order valence-electron chi connectivity index (χ3n) is 3.49. The molecule has 1 heterocycles. The number of hydrogen-bond acceptors (Lipinski definition) is 5. The molecular formula is C19H22FN5. The predicted octanol–water partition coefficient (Wildman–Crippen LogP) is 3.80. The average molecular weight is 339 g/mol. The molecule has 0 saturated carbocycles. The van der Waals surface area contributed by atoms with Crippen molar-refractivity contribution in [2.45, 2.75) is 13.3 Å². The summed E-state index contributed by atoms with van der Waals surface area (Å²) in [7, 11) is 1.80. The molecule has 1 aromatic carbocycles. The number of benzene rings is 1. The molecule has 0 fully saturated rings. The van der Waals surface area contributed by atoms with Gasteiger partial charge in [-0.05, 0) is 48.8 Å². The van der Waals surface area contributed by atoms with Crippen LogP contribution >= 0.6 is 0 Å². The summed E-state index contributed by atoms with van der Waals surface area (Å²) in [5.41, 5.74) is 16.4. The van der Waals surface area contributed by atoms with E-state index in [1.807, 2.05) is 43.3 Å². The minimum atomic E-state index is 0.235. The normalized spacial score (nSPS) is 12.2. The molecule has 0 bridgehead atoms. The SMILES string of the molecule is C\C=C/C(=C\C=C\F)Cc1cc(-c2ccnc(N)n2)ccc1NNC. The summed E-state index contributed by atoms with van der Waals surface area (Å²) in [5.74, 6) is 0.235. The molecule has 0 aliphatic heterocycles. The number of halogens is 1. The lowest BCUT2D eigenvalue weighted by Crippen LogP contribution is -2.16. The fraction of sp³-hybridized carbons (Fsp3) is 0.158. The van der Waals surface area contributed by atoms with E-state index in [4.69, 9.17) is 5.73 Å². The van der Waals surface area contributed by atoms with Gasteiger partial charge in [0.05, 0.1) is 17.7 Å². The number of anilines is 2. The van der Waals surface area contributed by atoms with E-state index in [9.17, 15) is 4.39 Å². The molecule has 0 amide bonds. The number of hydrazine groups is 1. The van der Waals surface area contributed by atoms with Crippen LogP contribution in [-0.2, 0) is 6.42 Å². The quantitative estimate of drug-likeness (QED) is 0.528. The maximum atomic E-state index is 12.4. The van der Waals surface area contributed by atoms with Gasteiger partial charge in [0.2, 0.25) is 5.95 Å². The van der Waals surface area contributed by atoms with Crippen molar-refractivity contribution in [1.29, 1.82) is 0 Å². The van der Waals surface area contributed by atoms with Crippen LogP contribution in [0, 0.1) is 0 Å². The molecule has 1 aromatic heterocycles. The van der Waals surface area contributed by atoms with Crippen LogP contribution in [0.2, 0.25) is 0 Å². The predicted molar refractivity (Wildman–Crippen MR) is 101 cm³/mol. The standard InChI is InChI=1S/C19H22FN5/c1-3-5-14(6-4-10-20)12-16-13-15(7-8-18(16)25-22-2)17-9-11-23-19(21)24-17/h3-11,13,22,25H,12H2,1-2H3,(H2,21,23,24)/b5-3-,10-4+,14-6+. The molecule has 0 spiro atoms. The second-order valence-electron chi connectivity index (χ2n) is 5.28. The van der Waals surface area contributed by atoms with E-state index in [2.05, 4.69) is 20.8 Å². The molecule has 0 aliphatic rings. The zero-order valence-electron chi connectivity index (χ0n) is 14.3. The third-order valence-corrected chi connectivity index (χ3v) is 3.49. The van der Waals surface area contributed by atoms with E-state index in [0.717, 1.165) is 28.1 Å². The second kappa shape index (κ2) is 9.34. The van der Waals surface area contributed by atoms with Crippen LogP contribution in [0.25, 0.3) is 11.3 Å². The fourth-order valence-electron chi connectivity index (χ4n) is 2.46. The Balaban J connectivity index is 2.44. The molecular weight excluding hydrogens is 317 g/mol. The first-order chi connectivity index (χ1) is 12.2. The highest BCUT2D eigenvalue weighted by Crippen LogP contribution is 2.26. The fourth-order valence-corrected chi connectivity index (χ4v) is 2.46. The zero-order valence-corrected chi connectivity index (χ0v) is 14.3. The van der Waals surface area contributed by atoms with Crippen LogP contribution in [-0.4, -0.2) is 17.0 Å². The first kappa shape index (κ1) is 18.4. The molecule has 0 radical (unpaired) electrons. The molecule has 5 nitrogen and oxygen atoms in total. The van der Waals surface area contributed by atoms with E-state index in [1.54, 1.807) is 19.3 Å². The van der Waals surface area contributed by atoms with Gasteiger partial charge in [0, 0.05) is 18.8 Å². The number of nitrogens with one attached hydrogen (secondary N) is 2. The van der Waals surface area contributed by atoms with E-state index in [0.29, 0.717) is 12.8 Å². The van der Waals surface area contributed by atoms with Gasteiger partial charge < -0.3 is 11.2 Å². The maximum Gasteiger partial charge on any atom is 0.220 e. The molecule has 130 valence electrons. The topological polar surface area (TPSA) is 75.9 Å². The third kappa shape index (κ3) is 5.26. The van der Waals surface area contributed by atoms with Crippen LogP contribution in [0.3, 0.4) is 0 Å². The number of nitrogen functional groups attached to an aromatic ring is 1. The van der Waals surface area contributed by atoms with Gasteiger partial charge in [0.25, 0.3) is 0 Å². The highest BCUT2D eigenvalue weighted by atomic mass is 19.1. The van der Waals surface area contributed by atoms with E-state index >= 15 is 0 Å². The maximum absolute atomic E-state index is 12.4.